The van der Waals surface area contributed by atoms with Crippen molar-refractivity contribution in [2.75, 3.05) is 0 Å². The van der Waals surface area contributed by atoms with Crippen LogP contribution in [-0.4, -0.2) is 15.1 Å². The zero-order valence-electron chi connectivity index (χ0n) is 17.3. The molecule has 0 aliphatic rings. The zero-order valence-corrected chi connectivity index (χ0v) is 17.3. The number of benzene rings is 3. The number of hydrogen-bond donors (Lipinski definition) is 2. The van der Waals surface area contributed by atoms with Crippen molar-refractivity contribution in [3.63, 3.8) is 0 Å². The molecule has 0 aliphatic carbocycles. The smallest absolute Gasteiger partial charge is 0.386 e. The third-order valence-electron chi connectivity index (χ3n) is 5.33. The van der Waals surface area contributed by atoms with Gasteiger partial charge in [-0.3, -0.25) is 0 Å². The molecule has 31 heavy (non-hydrogen) atoms. The maximum Gasteiger partial charge on any atom is 0.416 e. The number of aliphatic hydroxyl groups is 1. The van der Waals surface area contributed by atoms with Crippen LogP contribution in [-0.2, 0) is 24.6 Å². The molecule has 1 aromatic heterocycles. The number of fused-ring (bicyclic) bond motifs is 1. The second-order valence-electron chi connectivity index (χ2n) is 8.22. The van der Waals surface area contributed by atoms with Crippen LogP contribution in [0.5, 0.6) is 0 Å². The number of halogens is 3. The Bertz CT molecular complexity index is 1220. The quantitative estimate of drug-likeness (QED) is 0.397. The second kappa shape index (κ2) is 7.85. The summed E-state index contributed by atoms with van der Waals surface area (Å²) in [5.41, 5.74) is 3.36. The van der Waals surface area contributed by atoms with Gasteiger partial charge in [0, 0.05) is 6.42 Å². The molecule has 4 aromatic rings. The first-order chi connectivity index (χ1) is 14.6. The fourth-order valence-corrected chi connectivity index (χ4v) is 3.78. The lowest BCUT2D eigenvalue weighted by atomic mass is 9.89. The van der Waals surface area contributed by atoms with Crippen molar-refractivity contribution in [3.05, 3.63) is 89.2 Å². The van der Waals surface area contributed by atoms with E-state index < -0.39 is 17.3 Å². The lowest BCUT2D eigenvalue weighted by Gasteiger charge is -2.21. The van der Waals surface area contributed by atoms with Gasteiger partial charge in [0.25, 0.3) is 0 Å². The minimum atomic E-state index is -4.34. The Balaban J connectivity index is 1.58. The van der Waals surface area contributed by atoms with E-state index in [0.717, 1.165) is 39.6 Å². The number of imidazole rings is 1. The predicted molar refractivity (Wildman–Crippen MR) is 116 cm³/mol. The maximum atomic E-state index is 12.9. The lowest BCUT2D eigenvalue weighted by Crippen LogP contribution is -2.16. The average molecular weight is 424 g/mol. The average Bonchev–Trinajstić information content (AvgIpc) is 3.13. The summed E-state index contributed by atoms with van der Waals surface area (Å²) in [6.45, 7) is 3.51. The first-order valence-electron chi connectivity index (χ1n) is 10.1. The number of aromatic amines is 1. The maximum absolute atomic E-state index is 12.9. The summed E-state index contributed by atoms with van der Waals surface area (Å²) in [5.74, 6) is 0.723. The van der Waals surface area contributed by atoms with Crippen LogP contribution < -0.4 is 0 Å². The summed E-state index contributed by atoms with van der Waals surface area (Å²) in [6.07, 6.45) is -3.38. The van der Waals surface area contributed by atoms with E-state index >= 15 is 0 Å². The van der Waals surface area contributed by atoms with Gasteiger partial charge in [-0.1, -0.05) is 48.5 Å². The molecule has 0 bridgehead atoms. The van der Waals surface area contributed by atoms with Gasteiger partial charge in [-0.25, -0.2) is 4.98 Å². The van der Waals surface area contributed by atoms with Crippen LogP contribution >= 0.6 is 0 Å². The molecule has 3 nitrogen and oxygen atoms in total. The predicted octanol–water partition coefficient (Wildman–Crippen LogP) is 6.26. The van der Waals surface area contributed by atoms with Crippen LogP contribution in [0.2, 0.25) is 0 Å². The van der Waals surface area contributed by atoms with Crippen molar-refractivity contribution in [1.29, 1.82) is 0 Å². The summed E-state index contributed by atoms with van der Waals surface area (Å²) in [6, 6.07) is 19.0. The SMILES string of the molecule is CC(C)(O)c1ccccc1-c1ccc2[nH]c(CCc3cccc(C(F)(F)F)c3)nc2c1. The van der Waals surface area contributed by atoms with Crippen molar-refractivity contribution < 1.29 is 18.3 Å². The Hall–Kier alpha value is -3.12. The molecule has 6 heteroatoms. The Labute approximate surface area is 178 Å². The first kappa shape index (κ1) is 21.1. The van der Waals surface area contributed by atoms with E-state index in [9.17, 15) is 18.3 Å². The third kappa shape index (κ3) is 4.64. The topological polar surface area (TPSA) is 48.9 Å². The molecule has 0 aliphatic heterocycles. The molecule has 0 amide bonds. The number of H-pyrrole nitrogens is 1. The largest absolute Gasteiger partial charge is 0.416 e. The van der Waals surface area contributed by atoms with Crippen LogP contribution in [0.1, 0.15) is 36.4 Å². The molecular weight excluding hydrogens is 401 g/mol. The number of nitrogens with zero attached hydrogens (tertiary/aromatic N) is 1. The van der Waals surface area contributed by atoms with Crippen molar-refractivity contribution >= 4 is 11.0 Å². The number of aryl methyl sites for hydroxylation is 2. The van der Waals surface area contributed by atoms with E-state index in [4.69, 9.17) is 0 Å². The summed E-state index contributed by atoms with van der Waals surface area (Å²) in [7, 11) is 0. The molecule has 4 rings (SSSR count). The van der Waals surface area contributed by atoms with Crippen LogP contribution in [0.4, 0.5) is 13.2 Å². The summed E-state index contributed by atoms with van der Waals surface area (Å²) < 4.78 is 38.7. The van der Waals surface area contributed by atoms with E-state index in [0.29, 0.717) is 18.4 Å². The molecule has 0 saturated carbocycles. The van der Waals surface area contributed by atoms with E-state index in [1.165, 1.54) is 12.1 Å². The minimum absolute atomic E-state index is 0.456. The first-order valence-corrected chi connectivity index (χ1v) is 10.1. The molecule has 0 radical (unpaired) electrons. The highest BCUT2D eigenvalue weighted by Crippen LogP contribution is 2.33. The van der Waals surface area contributed by atoms with E-state index in [2.05, 4.69) is 9.97 Å². The van der Waals surface area contributed by atoms with Gasteiger partial charge in [0.05, 0.1) is 22.2 Å². The van der Waals surface area contributed by atoms with Gasteiger partial charge in [-0.15, -0.1) is 0 Å². The highest BCUT2D eigenvalue weighted by atomic mass is 19.4. The number of rotatable bonds is 5. The Kier molecular flexibility index (Phi) is 5.35. The van der Waals surface area contributed by atoms with E-state index in [-0.39, 0.29) is 0 Å². The van der Waals surface area contributed by atoms with Crippen LogP contribution in [0.25, 0.3) is 22.2 Å². The monoisotopic (exact) mass is 424 g/mol. The van der Waals surface area contributed by atoms with Gasteiger partial charge < -0.3 is 10.1 Å². The Morgan fingerprint density at radius 1 is 0.903 bits per heavy atom. The fraction of sp³-hybridized carbons (Fsp3) is 0.240. The second-order valence-corrected chi connectivity index (χ2v) is 8.22. The fourth-order valence-electron chi connectivity index (χ4n) is 3.78. The van der Waals surface area contributed by atoms with E-state index in [1.54, 1.807) is 19.9 Å². The molecule has 0 spiro atoms. The van der Waals surface area contributed by atoms with Gasteiger partial charge in [0.2, 0.25) is 0 Å². The number of nitrogens with one attached hydrogen (secondary N) is 1. The molecule has 0 atom stereocenters. The molecule has 2 N–H and O–H groups in total. The van der Waals surface area contributed by atoms with Gasteiger partial charge in [-0.05, 0) is 60.7 Å². The molecular formula is C25H23F3N2O. The normalized spacial score (nSPS) is 12.5. The standard InChI is InChI=1S/C25H23F3N2O/c1-24(2,31)20-9-4-3-8-19(20)17-11-12-21-22(15-17)30-23(29-21)13-10-16-6-5-7-18(14-16)25(26,27)28/h3-9,11-12,14-15,31H,10,13H2,1-2H3,(H,29,30). The van der Waals surface area contributed by atoms with Crippen molar-refractivity contribution in [2.24, 2.45) is 0 Å². The highest BCUT2D eigenvalue weighted by Gasteiger charge is 2.30. The Morgan fingerprint density at radius 3 is 2.42 bits per heavy atom. The van der Waals surface area contributed by atoms with Crippen LogP contribution in [0.3, 0.4) is 0 Å². The van der Waals surface area contributed by atoms with Crippen molar-refractivity contribution in [1.82, 2.24) is 9.97 Å². The lowest BCUT2D eigenvalue weighted by molar-refractivity contribution is -0.137. The van der Waals surface area contributed by atoms with Crippen molar-refractivity contribution in [2.45, 2.75) is 38.5 Å². The zero-order chi connectivity index (χ0) is 22.2. The summed E-state index contributed by atoms with van der Waals surface area (Å²) in [4.78, 5) is 7.89. The molecule has 3 aromatic carbocycles. The van der Waals surface area contributed by atoms with E-state index in [1.807, 2.05) is 42.5 Å². The summed E-state index contributed by atoms with van der Waals surface area (Å²) >= 11 is 0. The van der Waals surface area contributed by atoms with Crippen LogP contribution in [0.15, 0.2) is 66.7 Å². The van der Waals surface area contributed by atoms with Crippen molar-refractivity contribution in [3.8, 4) is 11.1 Å². The number of hydrogen-bond acceptors (Lipinski definition) is 2. The van der Waals surface area contributed by atoms with Crippen LogP contribution in [0, 0.1) is 0 Å². The Morgan fingerprint density at radius 2 is 1.68 bits per heavy atom. The van der Waals surface area contributed by atoms with Gasteiger partial charge in [0.1, 0.15) is 5.82 Å². The third-order valence-corrected chi connectivity index (χ3v) is 5.33. The number of aromatic nitrogens is 2. The van der Waals surface area contributed by atoms with Gasteiger partial charge in [-0.2, -0.15) is 13.2 Å². The molecule has 160 valence electrons. The highest BCUT2D eigenvalue weighted by molar-refractivity contribution is 5.83. The minimum Gasteiger partial charge on any atom is -0.386 e. The molecule has 0 saturated heterocycles. The number of alkyl halides is 3. The molecule has 1 heterocycles. The van der Waals surface area contributed by atoms with Gasteiger partial charge >= 0.3 is 6.18 Å². The molecule has 0 unspecified atom stereocenters. The summed E-state index contributed by atoms with van der Waals surface area (Å²) in [5, 5.41) is 10.5. The molecule has 0 fully saturated rings. The van der Waals surface area contributed by atoms with Gasteiger partial charge in [0.15, 0.2) is 0 Å².